The van der Waals surface area contributed by atoms with Crippen molar-refractivity contribution in [2.24, 2.45) is 0 Å². The summed E-state index contributed by atoms with van der Waals surface area (Å²) in [5.74, 6) is 1.32. The number of benzene rings is 2. The molecule has 2 heterocycles. The van der Waals surface area contributed by atoms with Crippen LogP contribution in [0.25, 0.3) is 11.1 Å². The molecule has 4 aromatic rings. The quantitative estimate of drug-likeness (QED) is 0.230. The van der Waals surface area contributed by atoms with Gasteiger partial charge in [-0.15, -0.1) is 0 Å². The predicted octanol–water partition coefficient (Wildman–Crippen LogP) is 5.06. The molecule has 2 aromatic carbocycles. The Morgan fingerprint density at radius 2 is 1.66 bits per heavy atom. The summed E-state index contributed by atoms with van der Waals surface area (Å²) in [4.78, 5) is 35.1. The second-order valence-electron chi connectivity index (χ2n) is 10.5. The second kappa shape index (κ2) is 13.6. The number of rotatable bonds is 12. The average molecular weight is 558 g/mol. The Hall–Kier alpha value is -4.70. The Labute approximate surface area is 239 Å². The van der Waals surface area contributed by atoms with Crippen LogP contribution in [0.3, 0.4) is 0 Å². The Morgan fingerprint density at radius 1 is 0.951 bits per heavy atom. The van der Waals surface area contributed by atoms with E-state index in [2.05, 4.69) is 25.5 Å². The summed E-state index contributed by atoms with van der Waals surface area (Å²) in [6.45, 7) is 7.20. The molecule has 0 aliphatic carbocycles. The summed E-state index contributed by atoms with van der Waals surface area (Å²) in [5.41, 5.74) is 2.33. The van der Waals surface area contributed by atoms with Crippen LogP contribution in [0.2, 0.25) is 0 Å². The van der Waals surface area contributed by atoms with E-state index in [1.807, 2.05) is 55.6 Å². The van der Waals surface area contributed by atoms with Crippen molar-refractivity contribution in [2.75, 3.05) is 32.1 Å². The molecular formula is C31H35N5O5. The Morgan fingerprint density at radius 3 is 2.29 bits per heavy atom. The van der Waals surface area contributed by atoms with Crippen molar-refractivity contribution >= 4 is 23.5 Å². The van der Waals surface area contributed by atoms with E-state index in [-0.39, 0.29) is 12.5 Å². The molecule has 0 bridgehead atoms. The predicted molar refractivity (Wildman–Crippen MR) is 156 cm³/mol. The first kappa shape index (κ1) is 29.3. The Balaban J connectivity index is 1.23. The molecule has 0 radical (unpaired) electrons. The van der Waals surface area contributed by atoms with Crippen LogP contribution < -0.4 is 15.4 Å². The zero-order valence-corrected chi connectivity index (χ0v) is 23.7. The molecule has 4 rings (SSSR count). The monoisotopic (exact) mass is 557 g/mol. The highest BCUT2D eigenvalue weighted by Crippen LogP contribution is 2.21. The van der Waals surface area contributed by atoms with E-state index in [0.29, 0.717) is 18.1 Å². The standard InChI is InChI=1S/C31H35N5O5/c1-31(2,3)41-28(37)20-32-29(38)23-9-7-22(8-10-23)24-18-33-30(34-19-24)35-25-11-13-26(14-12-25)40-17-15-36(4)21-27-6-5-16-39-27/h5-14,16,18-19H,15,17,20-21H2,1-4H3,(H,32,38)(H,33,34,35). The van der Waals surface area contributed by atoms with Gasteiger partial charge in [0, 0.05) is 35.8 Å². The lowest BCUT2D eigenvalue weighted by molar-refractivity contribution is -0.153. The molecule has 0 spiro atoms. The van der Waals surface area contributed by atoms with E-state index >= 15 is 0 Å². The van der Waals surface area contributed by atoms with Crippen LogP contribution in [0.1, 0.15) is 36.9 Å². The van der Waals surface area contributed by atoms with Crippen LogP contribution in [0.15, 0.2) is 83.7 Å². The number of nitrogens with one attached hydrogen (secondary N) is 2. The molecule has 0 unspecified atom stereocenters. The van der Waals surface area contributed by atoms with Crippen LogP contribution in [0, 0.1) is 0 Å². The SMILES string of the molecule is CN(CCOc1ccc(Nc2ncc(-c3ccc(C(=O)NCC(=O)OC(C)(C)C)cc3)cn2)cc1)Cc1ccco1. The Bertz CT molecular complexity index is 1400. The minimum absolute atomic E-state index is 0.194. The lowest BCUT2D eigenvalue weighted by atomic mass is 10.1. The molecule has 10 nitrogen and oxygen atoms in total. The van der Waals surface area contributed by atoms with Gasteiger partial charge in [-0.3, -0.25) is 14.5 Å². The van der Waals surface area contributed by atoms with Gasteiger partial charge in [-0.1, -0.05) is 12.1 Å². The zero-order chi connectivity index (χ0) is 29.2. The number of anilines is 2. The number of carbonyl (C=O) groups is 2. The molecule has 214 valence electrons. The summed E-state index contributed by atoms with van der Waals surface area (Å²) >= 11 is 0. The number of hydrogen-bond donors (Lipinski definition) is 2. The molecule has 0 atom stereocenters. The average Bonchev–Trinajstić information content (AvgIpc) is 3.45. The molecule has 0 saturated heterocycles. The fraction of sp³-hybridized carbons (Fsp3) is 0.290. The summed E-state index contributed by atoms with van der Waals surface area (Å²) in [5, 5.41) is 5.76. The molecule has 0 fully saturated rings. The fourth-order valence-corrected chi connectivity index (χ4v) is 3.82. The largest absolute Gasteiger partial charge is 0.492 e. The van der Waals surface area contributed by atoms with E-state index < -0.39 is 11.6 Å². The van der Waals surface area contributed by atoms with Gasteiger partial charge in [-0.25, -0.2) is 9.97 Å². The van der Waals surface area contributed by atoms with Crippen molar-refractivity contribution < 1.29 is 23.5 Å². The lowest BCUT2D eigenvalue weighted by Gasteiger charge is -2.19. The van der Waals surface area contributed by atoms with Crippen LogP contribution in [-0.4, -0.2) is 59.1 Å². The highest BCUT2D eigenvalue weighted by Gasteiger charge is 2.17. The highest BCUT2D eigenvalue weighted by atomic mass is 16.6. The summed E-state index contributed by atoms with van der Waals surface area (Å²) in [6.07, 6.45) is 5.10. The number of furan rings is 1. The number of esters is 1. The van der Waals surface area contributed by atoms with Crippen molar-refractivity contribution in [2.45, 2.75) is 32.9 Å². The molecule has 1 amide bonds. The number of ether oxygens (including phenoxy) is 2. The minimum atomic E-state index is -0.602. The third kappa shape index (κ3) is 9.47. The van der Waals surface area contributed by atoms with Crippen LogP contribution >= 0.6 is 0 Å². The molecular weight excluding hydrogens is 522 g/mol. The maximum absolute atomic E-state index is 12.4. The van der Waals surface area contributed by atoms with E-state index in [1.54, 1.807) is 51.6 Å². The van der Waals surface area contributed by atoms with Gasteiger partial charge in [-0.05, 0) is 81.9 Å². The van der Waals surface area contributed by atoms with Crippen molar-refractivity contribution in [3.63, 3.8) is 0 Å². The second-order valence-corrected chi connectivity index (χ2v) is 10.5. The molecule has 0 aliphatic heterocycles. The van der Waals surface area contributed by atoms with Crippen molar-refractivity contribution in [1.29, 1.82) is 0 Å². The smallest absolute Gasteiger partial charge is 0.325 e. The number of likely N-dealkylation sites (N-methyl/N-ethyl adjacent to an activating group) is 1. The van der Waals surface area contributed by atoms with E-state index in [9.17, 15) is 9.59 Å². The molecule has 41 heavy (non-hydrogen) atoms. The molecule has 0 aliphatic rings. The lowest BCUT2D eigenvalue weighted by Crippen LogP contribution is -2.34. The van der Waals surface area contributed by atoms with Gasteiger partial charge < -0.3 is 24.5 Å². The van der Waals surface area contributed by atoms with E-state index in [4.69, 9.17) is 13.9 Å². The number of aromatic nitrogens is 2. The van der Waals surface area contributed by atoms with Crippen LogP contribution in [-0.2, 0) is 16.1 Å². The third-order valence-corrected chi connectivity index (χ3v) is 5.80. The molecule has 10 heteroatoms. The van der Waals surface area contributed by atoms with Crippen molar-refractivity contribution in [1.82, 2.24) is 20.2 Å². The molecule has 0 saturated carbocycles. The van der Waals surface area contributed by atoms with E-state index in [1.165, 1.54) is 0 Å². The van der Waals surface area contributed by atoms with Gasteiger partial charge in [0.25, 0.3) is 5.91 Å². The summed E-state index contributed by atoms with van der Waals surface area (Å²) in [7, 11) is 2.02. The first-order valence-electron chi connectivity index (χ1n) is 13.3. The first-order valence-corrected chi connectivity index (χ1v) is 13.3. The van der Waals surface area contributed by atoms with Gasteiger partial charge in [0.15, 0.2) is 0 Å². The summed E-state index contributed by atoms with van der Waals surface area (Å²) in [6, 6.07) is 18.4. The highest BCUT2D eigenvalue weighted by molar-refractivity contribution is 5.96. The topological polar surface area (TPSA) is 119 Å². The van der Waals surface area contributed by atoms with Gasteiger partial charge in [-0.2, -0.15) is 0 Å². The van der Waals surface area contributed by atoms with Gasteiger partial charge in [0.05, 0.1) is 12.8 Å². The van der Waals surface area contributed by atoms with Gasteiger partial charge >= 0.3 is 5.97 Å². The van der Waals surface area contributed by atoms with Crippen molar-refractivity contribution in [3.05, 3.63) is 90.6 Å². The maximum atomic E-state index is 12.4. The van der Waals surface area contributed by atoms with Gasteiger partial charge in [0.2, 0.25) is 5.95 Å². The normalized spacial score (nSPS) is 11.2. The van der Waals surface area contributed by atoms with Gasteiger partial charge in [0.1, 0.15) is 30.3 Å². The first-order chi connectivity index (χ1) is 19.6. The summed E-state index contributed by atoms with van der Waals surface area (Å²) < 4.78 is 16.4. The van der Waals surface area contributed by atoms with Crippen molar-refractivity contribution in [3.8, 4) is 16.9 Å². The van der Waals surface area contributed by atoms with Crippen LogP contribution in [0.4, 0.5) is 11.6 Å². The molecule has 2 aromatic heterocycles. The Kier molecular flexibility index (Phi) is 9.70. The minimum Gasteiger partial charge on any atom is -0.492 e. The number of nitrogens with zero attached hydrogens (tertiary/aromatic N) is 3. The fourth-order valence-electron chi connectivity index (χ4n) is 3.82. The maximum Gasteiger partial charge on any atom is 0.325 e. The number of amides is 1. The number of hydrogen-bond acceptors (Lipinski definition) is 9. The zero-order valence-electron chi connectivity index (χ0n) is 23.7. The van der Waals surface area contributed by atoms with E-state index in [0.717, 1.165) is 41.4 Å². The number of carbonyl (C=O) groups excluding carboxylic acids is 2. The van der Waals surface area contributed by atoms with Crippen LogP contribution in [0.5, 0.6) is 5.75 Å². The molecule has 2 N–H and O–H groups in total. The third-order valence-electron chi connectivity index (χ3n) is 5.80.